The molecule has 1 aliphatic rings. The number of benzene rings is 1. The van der Waals surface area contributed by atoms with E-state index in [0.717, 1.165) is 25.8 Å². The minimum absolute atomic E-state index is 0.0826. The maximum absolute atomic E-state index is 12.5. The van der Waals surface area contributed by atoms with Crippen molar-refractivity contribution in [2.45, 2.75) is 45.2 Å². The van der Waals surface area contributed by atoms with Gasteiger partial charge in [-0.25, -0.2) is 0 Å². The Hall–Kier alpha value is -1.88. The lowest BCUT2D eigenvalue weighted by molar-refractivity contribution is -0.124. The van der Waals surface area contributed by atoms with Crippen LogP contribution in [0.25, 0.3) is 0 Å². The van der Waals surface area contributed by atoms with Gasteiger partial charge in [-0.15, -0.1) is 0 Å². The van der Waals surface area contributed by atoms with Crippen molar-refractivity contribution in [2.75, 3.05) is 13.1 Å². The smallest absolute Gasteiger partial charge is 0.251 e. The lowest BCUT2D eigenvalue weighted by atomic mass is 9.97. The third-order valence-electron chi connectivity index (χ3n) is 4.50. The zero-order valence-corrected chi connectivity index (χ0v) is 14.0. The number of carbonyl (C=O) groups excluding carboxylic acids is 2. The van der Waals surface area contributed by atoms with Crippen LogP contribution in [0.1, 0.15) is 43.5 Å². The molecule has 0 saturated carbocycles. The molecule has 0 bridgehead atoms. The van der Waals surface area contributed by atoms with E-state index in [1.807, 2.05) is 32.0 Å². The molecule has 0 aromatic heterocycles. The van der Waals surface area contributed by atoms with Gasteiger partial charge in [0.2, 0.25) is 5.91 Å². The van der Waals surface area contributed by atoms with Crippen molar-refractivity contribution in [3.63, 3.8) is 0 Å². The van der Waals surface area contributed by atoms with Gasteiger partial charge in [-0.1, -0.05) is 38.5 Å². The second-order valence-electron chi connectivity index (χ2n) is 6.24. The molecule has 23 heavy (non-hydrogen) atoms. The summed E-state index contributed by atoms with van der Waals surface area (Å²) in [5, 5.41) is 9.23. The first kappa shape index (κ1) is 17.5. The lowest BCUT2D eigenvalue weighted by Crippen LogP contribution is -2.52. The van der Waals surface area contributed by atoms with Crippen LogP contribution in [-0.2, 0) is 4.79 Å². The molecule has 1 aromatic rings. The van der Waals surface area contributed by atoms with E-state index in [0.29, 0.717) is 18.2 Å². The Morgan fingerprint density at radius 2 is 2.04 bits per heavy atom. The second-order valence-corrected chi connectivity index (χ2v) is 6.24. The number of nitrogens with one attached hydrogen (secondary N) is 3. The number of rotatable bonds is 7. The summed E-state index contributed by atoms with van der Waals surface area (Å²) in [6.07, 6.45) is 3.07. The van der Waals surface area contributed by atoms with Gasteiger partial charge in [0.15, 0.2) is 0 Å². The molecule has 2 rings (SSSR count). The van der Waals surface area contributed by atoms with E-state index in [9.17, 15) is 9.59 Å². The molecule has 3 atom stereocenters. The maximum atomic E-state index is 12.5. The Morgan fingerprint density at radius 3 is 2.65 bits per heavy atom. The first-order valence-electron chi connectivity index (χ1n) is 8.48. The van der Waals surface area contributed by atoms with Crippen molar-refractivity contribution in [1.82, 2.24) is 16.0 Å². The predicted molar refractivity (Wildman–Crippen MR) is 91.2 cm³/mol. The normalized spacial score (nSPS) is 19.8. The highest BCUT2D eigenvalue weighted by molar-refractivity contribution is 5.97. The minimum Gasteiger partial charge on any atom is -0.353 e. The van der Waals surface area contributed by atoms with Crippen molar-refractivity contribution in [2.24, 2.45) is 5.92 Å². The van der Waals surface area contributed by atoms with Gasteiger partial charge in [0.05, 0.1) is 0 Å². The van der Waals surface area contributed by atoms with Gasteiger partial charge < -0.3 is 16.0 Å². The van der Waals surface area contributed by atoms with Crippen molar-refractivity contribution in [1.29, 1.82) is 0 Å². The fraction of sp³-hybridized carbons (Fsp3) is 0.556. The summed E-state index contributed by atoms with van der Waals surface area (Å²) in [6.45, 7) is 5.65. The largest absolute Gasteiger partial charge is 0.353 e. The average Bonchev–Trinajstić information content (AvgIpc) is 3.11. The number of carbonyl (C=O) groups is 2. The fourth-order valence-electron chi connectivity index (χ4n) is 2.78. The van der Waals surface area contributed by atoms with Gasteiger partial charge in [-0.3, -0.25) is 9.59 Å². The monoisotopic (exact) mass is 317 g/mol. The van der Waals surface area contributed by atoms with Gasteiger partial charge in [-0.2, -0.15) is 0 Å². The van der Waals surface area contributed by atoms with E-state index in [2.05, 4.69) is 16.0 Å². The molecule has 2 amide bonds. The summed E-state index contributed by atoms with van der Waals surface area (Å²) >= 11 is 0. The van der Waals surface area contributed by atoms with Gasteiger partial charge in [-0.05, 0) is 37.4 Å². The van der Waals surface area contributed by atoms with E-state index in [4.69, 9.17) is 0 Å². The van der Waals surface area contributed by atoms with Crippen LogP contribution in [0.2, 0.25) is 0 Å². The summed E-state index contributed by atoms with van der Waals surface area (Å²) in [4.78, 5) is 24.9. The molecule has 3 unspecified atom stereocenters. The van der Waals surface area contributed by atoms with E-state index < -0.39 is 6.04 Å². The molecular formula is C18H27N3O2. The van der Waals surface area contributed by atoms with Gasteiger partial charge in [0.25, 0.3) is 5.91 Å². The lowest BCUT2D eigenvalue weighted by Gasteiger charge is -2.24. The zero-order chi connectivity index (χ0) is 16.7. The number of hydrogen-bond donors (Lipinski definition) is 3. The second kappa shape index (κ2) is 8.67. The van der Waals surface area contributed by atoms with Crippen molar-refractivity contribution in [3.8, 4) is 0 Å². The van der Waals surface area contributed by atoms with Crippen LogP contribution in [-0.4, -0.2) is 37.0 Å². The molecule has 1 saturated heterocycles. The molecule has 1 aromatic carbocycles. The zero-order valence-electron chi connectivity index (χ0n) is 14.0. The molecule has 1 heterocycles. The predicted octanol–water partition coefficient (Wildman–Crippen LogP) is 1.70. The molecule has 3 N–H and O–H groups in total. The topological polar surface area (TPSA) is 70.2 Å². The molecule has 126 valence electrons. The Bertz CT molecular complexity index is 512. The van der Waals surface area contributed by atoms with E-state index in [1.54, 1.807) is 12.1 Å². The van der Waals surface area contributed by atoms with Crippen LogP contribution in [0.5, 0.6) is 0 Å². The van der Waals surface area contributed by atoms with Crippen LogP contribution in [0.4, 0.5) is 0 Å². The number of amides is 2. The highest BCUT2D eigenvalue weighted by atomic mass is 16.2. The molecule has 1 fully saturated rings. The molecule has 5 nitrogen and oxygen atoms in total. The molecule has 0 spiro atoms. The third kappa shape index (κ3) is 5.06. The summed E-state index contributed by atoms with van der Waals surface area (Å²) in [7, 11) is 0. The highest BCUT2D eigenvalue weighted by Crippen LogP contribution is 2.10. The van der Waals surface area contributed by atoms with Crippen molar-refractivity contribution < 1.29 is 9.59 Å². The van der Waals surface area contributed by atoms with Crippen molar-refractivity contribution >= 4 is 11.8 Å². The standard InChI is InChI=1S/C18H27N3O2/c1-3-13(2)16(18(23)20-12-15-10-7-11-19-15)21-17(22)14-8-5-4-6-9-14/h4-6,8-9,13,15-16,19H,3,7,10-12H2,1-2H3,(H,20,23)(H,21,22). The molecule has 5 heteroatoms. The van der Waals surface area contributed by atoms with Gasteiger partial charge in [0, 0.05) is 18.2 Å². The SMILES string of the molecule is CCC(C)C(NC(=O)c1ccccc1)C(=O)NCC1CCCN1. The summed E-state index contributed by atoms with van der Waals surface area (Å²) in [5.41, 5.74) is 0.575. The molecular weight excluding hydrogens is 290 g/mol. The van der Waals surface area contributed by atoms with Crippen LogP contribution in [0.3, 0.4) is 0 Å². The van der Waals surface area contributed by atoms with Crippen LogP contribution in [0.15, 0.2) is 30.3 Å². The van der Waals surface area contributed by atoms with Crippen LogP contribution >= 0.6 is 0 Å². The average molecular weight is 317 g/mol. The minimum atomic E-state index is -0.505. The van der Waals surface area contributed by atoms with Crippen molar-refractivity contribution in [3.05, 3.63) is 35.9 Å². The Balaban J connectivity index is 1.95. The van der Waals surface area contributed by atoms with Crippen LogP contribution in [0, 0.1) is 5.92 Å². The van der Waals surface area contributed by atoms with E-state index >= 15 is 0 Å². The van der Waals surface area contributed by atoms with E-state index in [1.165, 1.54) is 0 Å². The molecule has 0 radical (unpaired) electrons. The summed E-state index contributed by atoms with van der Waals surface area (Å²) in [5.74, 6) is -0.221. The Labute approximate surface area is 138 Å². The van der Waals surface area contributed by atoms with E-state index in [-0.39, 0.29) is 17.7 Å². The molecule has 1 aliphatic heterocycles. The Kier molecular flexibility index (Phi) is 6.59. The summed E-state index contributed by atoms with van der Waals surface area (Å²) < 4.78 is 0. The first-order chi connectivity index (χ1) is 11.1. The van der Waals surface area contributed by atoms with Gasteiger partial charge >= 0.3 is 0 Å². The van der Waals surface area contributed by atoms with Gasteiger partial charge in [0.1, 0.15) is 6.04 Å². The first-order valence-corrected chi connectivity index (χ1v) is 8.48. The van der Waals surface area contributed by atoms with Crippen LogP contribution < -0.4 is 16.0 Å². The molecule has 0 aliphatic carbocycles. The summed E-state index contributed by atoms with van der Waals surface area (Å²) in [6, 6.07) is 8.85. The maximum Gasteiger partial charge on any atom is 0.251 e. The highest BCUT2D eigenvalue weighted by Gasteiger charge is 2.27. The number of hydrogen-bond acceptors (Lipinski definition) is 3. The third-order valence-corrected chi connectivity index (χ3v) is 4.50. The fourth-order valence-corrected chi connectivity index (χ4v) is 2.78. The Morgan fingerprint density at radius 1 is 1.30 bits per heavy atom. The quantitative estimate of drug-likeness (QED) is 0.717.